The van der Waals surface area contributed by atoms with E-state index in [1.165, 1.54) is 20.0 Å². The molecule has 0 aromatic rings. The first kappa shape index (κ1) is 16.7. The highest BCUT2D eigenvalue weighted by Gasteiger charge is 2.31. The topological polar surface area (TPSA) is 64.6 Å². The molecule has 1 rings (SSSR count). The first-order valence-electron chi connectivity index (χ1n) is 6.20. The van der Waals surface area contributed by atoms with E-state index >= 15 is 0 Å². The van der Waals surface area contributed by atoms with Crippen molar-refractivity contribution >= 4 is 12.6 Å². The second-order valence-corrected chi connectivity index (χ2v) is 5.73. The molecular formula is C13H25NO4. The predicted molar refractivity (Wildman–Crippen MR) is 69.3 cm³/mol. The first-order valence-corrected chi connectivity index (χ1v) is 6.20. The fourth-order valence-corrected chi connectivity index (χ4v) is 1.83. The zero-order valence-corrected chi connectivity index (χ0v) is 12.0. The highest BCUT2D eigenvalue weighted by Crippen LogP contribution is 2.29. The lowest BCUT2D eigenvalue weighted by Gasteiger charge is -2.28. The summed E-state index contributed by atoms with van der Waals surface area (Å²) >= 11 is 0. The number of rotatable bonds is 2. The standard InChI is InChI=1S/C11H21NO2.C2H4O2/c1-10(2,3)14-9(13)12-11(4)7-5-6-8-11;1-4-2-3/h5-8H2,1-4H3,(H,12,13);2H,1H3. The van der Waals surface area contributed by atoms with Crippen LogP contribution in [0.5, 0.6) is 0 Å². The number of nitrogens with one attached hydrogen (secondary N) is 1. The molecule has 106 valence electrons. The monoisotopic (exact) mass is 259 g/mol. The summed E-state index contributed by atoms with van der Waals surface area (Å²) in [4.78, 5) is 20.4. The van der Waals surface area contributed by atoms with Gasteiger partial charge in [0.2, 0.25) is 0 Å². The summed E-state index contributed by atoms with van der Waals surface area (Å²) in [6, 6.07) is 0. The van der Waals surface area contributed by atoms with Crippen molar-refractivity contribution in [3.63, 3.8) is 0 Å². The van der Waals surface area contributed by atoms with E-state index in [0.717, 1.165) is 12.8 Å². The van der Waals surface area contributed by atoms with Gasteiger partial charge in [-0.15, -0.1) is 0 Å². The number of hydrogen-bond donors (Lipinski definition) is 1. The number of amides is 1. The minimum Gasteiger partial charge on any atom is -0.471 e. The van der Waals surface area contributed by atoms with Crippen molar-refractivity contribution in [3.05, 3.63) is 0 Å². The Morgan fingerprint density at radius 2 is 1.72 bits per heavy atom. The van der Waals surface area contributed by atoms with Crippen molar-refractivity contribution in [1.29, 1.82) is 0 Å². The van der Waals surface area contributed by atoms with Gasteiger partial charge in [-0.2, -0.15) is 0 Å². The Labute approximate surface area is 109 Å². The lowest BCUT2D eigenvalue weighted by atomic mass is 10.0. The van der Waals surface area contributed by atoms with E-state index in [0.29, 0.717) is 6.47 Å². The average Bonchev–Trinajstić information content (AvgIpc) is 2.62. The van der Waals surface area contributed by atoms with Crippen molar-refractivity contribution in [2.75, 3.05) is 7.11 Å². The molecule has 0 aromatic heterocycles. The second kappa shape index (κ2) is 7.24. The van der Waals surface area contributed by atoms with Gasteiger partial charge in [0.25, 0.3) is 6.47 Å². The zero-order valence-electron chi connectivity index (χ0n) is 12.0. The molecule has 5 heteroatoms. The van der Waals surface area contributed by atoms with Gasteiger partial charge in [-0.05, 0) is 40.5 Å². The largest absolute Gasteiger partial charge is 0.471 e. The maximum Gasteiger partial charge on any atom is 0.408 e. The van der Waals surface area contributed by atoms with Crippen LogP contribution in [0.15, 0.2) is 0 Å². The van der Waals surface area contributed by atoms with E-state index in [-0.39, 0.29) is 11.6 Å². The van der Waals surface area contributed by atoms with E-state index in [4.69, 9.17) is 9.53 Å². The SMILES string of the molecule is CC1(NC(=O)OC(C)(C)C)CCCC1.COC=O. The van der Waals surface area contributed by atoms with Crippen LogP contribution >= 0.6 is 0 Å². The van der Waals surface area contributed by atoms with E-state index in [2.05, 4.69) is 17.0 Å². The van der Waals surface area contributed by atoms with E-state index in [1.807, 2.05) is 20.8 Å². The van der Waals surface area contributed by atoms with Crippen LogP contribution in [-0.2, 0) is 14.3 Å². The Morgan fingerprint density at radius 1 is 1.28 bits per heavy atom. The van der Waals surface area contributed by atoms with Crippen LogP contribution in [0.1, 0.15) is 53.4 Å². The number of hydrogen-bond acceptors (Lipinski definition) is 4. The zero-order chi connectivity index (χ0) is 14.2. The highest BCUT2D eigenvalue weighted by molar-refractivity contribution is 5.68. The molecule has 1 aliphatic carbocycles. The van der Waals surface area contributed by atoms with Gasteiger partial charge < -0.3 is 14.8 Å². The summed E-state index contributed by atoms with van der Waals surface area (Å²) in [6.07, 6.45) is 4.23. The van der Waals surface area contributed by atoms with Gasteiger partial charge >= 0.3 is 6.09 Å². The molecule has 0 unspecified atom stereocenters. The molecule has 0 saturated heterocycles. The lowest BCUT2D eigenvalue weighted by molar-refractivity contribution is -0.126. The van der Waals surface area contributed by atoms with Crippen LogP contribution < -0.4 is 5.32 Å². The number of methoxy groups -OCH3 is 1. The Bertz CT molecular complexity index is 265. The molecule has 1 fully saturated rings. The van der Waals surface area contributed by atoms with E-state index in [9.17, 15) is 4.79 Å². The molecule has 5 nitrogen and oxygen atoms in total. The molecule has 1 saturated carbocycles. The van der Waals surface area contributed by atoms with Crippen LogP contribution in [0.4, 0.5) is 4.79 Å². The number of ether oxygens (including phenoxy) is 2. The van der Waals surface area contributed by atoms with Crippen molar-refractivity contribution in [2.45, 2.75) is 64.5 Å². The van der Waals surface area contributed by atoms with E-state index < -0.39 is 5.60 Å². The smallest absolute Gasteiger partial charge is 0.408 e. The van der Waals surface area contributed by atoms with Crippen molar-refractivity contribution in [1.82, 2.24) is 5.32 Å². The summed E-state index contributed by atoms with van der Waals surface area (Å²) in [5.41, 5.74) is -0.443. The van der Waals surface area contributed by atoms with Crippen LogP contribution in [0.2, 0.25) is 0 Å². The second-order valence-electron chi connectivity index (χ2n) is 5.73. The number of carbonyl (C=O) groups excluding carboxylic acids is 2. The minimum absolute atomic E-state index is 0.0394. The molecule has 0 heterocycles. The number of carbonyl (C=O) groups is 2. The Hall–Kier alpha value is -1.26. The van der Waals surface area contributed by atoms with Gasteiger partial charge in [0.15, 0.2) is 0 Å². The maximum absolute atomic E-state index is 11.5. The van der Waals surface area contributed by atoms with Gasteiger partial charge in [-0.25, -0.2) is 4.79 Å². The Kier molecular flexibility index (Phi) is 6.73. The highest BCUT2D eigenvalue weighted by atomic mass is 16.6. The minimum atomic E-state index is -0.404. The lowest BCUT2D eigenvalue weighted by Crippen LogP contribution is -2.45. The Balaban J connectivity index is 0.000000631. The van der Waals surface area contributed by atoms with Crippen LogP contribution in [0.25, 0.3) is 0 Å². The van der Waals surface area contributed by atoms with Crippen LogP contribution in [-0.4, -0.2) is 30.8 Å². The molecule has 1 amide bonds. The van der Waals surface area contributed by atoms with Crippen molar-refractivity contribution in [3.8, 4) is 0 Å². The molecule has 0 aromatic carbocycles. The quantitative estimate of drug-likeness (QED) is 0.774. The van der Waals surface area contributed by atoms with Crippen molar-refractivity contribution < 1.29 is 19.1 Å². The van der Waals surface area contributed by atoms with Crippen LogP contribution in [0.3, 0.4) is 0 Å². The maximum atomic E-state index is 11.5. The third kappa shape index (κ3) is 7.92. The average molecular weight is 259 g/mol. The summed E-state index contributed by atoms with van der Waals surface area (Å²) in [7, 11) is 1.31. The van der Waals surface area contributed by atoms with Gasteiger partial charge in [-0.1, -0.05) is 12.8 Å². The molecular weight excluding hydrogens is 234 g/mol. The molecule has 1 aliphatic rings. The van der Waals surface area contributed by atoms with Gasteiger partial charge in [0.05, 0.1) is 7.11 Å². The third-order valence-corrected chi connectivity index (χ3v) is 2.61. The first-order chi connectivity index (χ1) is 8.22. The van der Waals surface area contributed by atoms with Crippen LogP contribution in [0, 0.1) is 0 Å². The number of alkyl carbamates (subject to hydrolysis) is 1. The molecule has 18 heavy (non-hydrogen) atoms. The summed E-state index contributed by atoms with van der Waals surface area (Å²) in [5.74, 6) is 0. The fraction of sp³-hybridized carbons (Fsp3) is 0.846. The van der Waals surface area contributed by atoms with Crippen molar-refractivity contribution in [2.24, 2.45) is 0 Å². The van der Waals surface area contributed by atoms with Gasteiger partial charge in [0.1, 0.15) is 5.60 Å². The molecule has 1 N–H and O–H groups in total. The molecule has 0 aliphatic heterocycles. The Morgan fingerprint density at radius 3 is 2.06 bits per heavy atom. The fourth-order valence-electron chi connectivity index (χ4n) is 1.83. The molecule has 0 bridgehead atoms. The molecule has 0 radical (unpaired) electrons. The summed E-state index contributed by atoms with van der Waals surface area (Å²) in [5, 5.41) is 2.95. The summed E-state index contributed by atoms with van der Waals surface area (Å²) < 4.78 is 9.08. The van der Waals surface area contributed by atoms with Gasteiger partial charge in [0, 0.05) is 5.54 Å². The summed E-state index contributed by atoms with van der Waals surface area (Å²) in [6.45, 7) is 8.10. The third-order valence-electron chi connectivity index (χ3n) is 2.61. The van der Waals surface area contributed by atoms with Gasteiger partial charge in [-0.3, -0.25) is 4.79 Å². The molecule has 0 atom stereocenters. The normalized spacial score (nSPS) is 17.2. The molecule has 0 spiro atoms. The van der Waals surface area contributed by atoms with E-state index in [1.54, 1.807) is 0 Å². The predicted octanol–water partition coefficient (Wildman–Crippen LogP) is 2.63.